The number of nitrogens with zero attached hydrogens (tertiary/aromatic N) is 2. The number of carbonyl (C=O) groups excluding carboxylic acids is 1. The molecule has 1 aromatic carbocycles. The number of hydrogen-bond acceptors (Lipinski definition) is 4. The molecular weight excluding hydrogens is 458 g/mol. The van der Waals surface area contributed by atoms with Gasteiger partial charge < -0.3 is 10.2 Å². The fourth-order valence-corrected chi connectivity index (χ4v) is 6.93. The number of hydrogen-bond donors (Lipinski definition) is 1. The van der Waals surface area contributed by atoms with Crippen molar-refractivity contribution in [1.82, 2.24) is 0 Å². The lowest BCUT2D eigenvalue weighted by molar-refractivity contribution is -0.121. The summed E-state index contributed by atoms with van der Waals surface area (Å²) in [6.45, 7) is 3.03. The molecule has 30 heavy (non-hydrogen) atoms. The number of carbonyl (C=O) groups is 1. The first kappa shape index (κ1) is 21.4. The van der Waals surface area contributed by atoms with Gasteiger partial charge in [-0.25, -0.2) is 0 Å². The van der Waals surface area contributed by atoms with Gasteiger partial charge in [0.25, 0.3) is 0 Å². The third-order valence-corrected chi connectivity index (χ3v) is 9.01. The number of nitrogens with one attached hydrogen (secondary N) is 1. The van der Waals surface area contributed by atoms with E-state index in [9.17, 15) is 10.1 Å². The molecule has 0 aliphatic heterocycles. The second-order valence-corrected chi connectivity index (χ2v) is 10.7. The largest absolute Gasteiger partial charge is 0.375 e. The molecule has 6 heteroatoms. The maximum Gasteiger partial charge on any atom is 0.228 e. The summed E-state index contributed by atoms with van der Waals surface area (Å²) in [4.78, 5) is 16.2. The van der Waals surface area contributed by atoms with Gasteiger partial charge >= 0.3 is 0 Å². The molecule has 4 rings (SSSR count). The molecule has 1 N–H and O–H groups in total. The quantitative estimate of drug-likeness (QED) is 0.512. The summed E-state index contributed by atoms with van der Waals surface area (Å²) in [7, 11) is 2.11. The van der Waals surface area contributed by atoms with Crippen LogP contribution in [0, 0.1) is 36.0 Å². The van der Waals surface area contributed by atoms with Gasteiger partial charge in [-0.1, -0.05) is 24.1 Å². The van der Waals surface area contributed by atoms with Crippen LogP contribution in [0.15, 0.2) is 28.7 Å². The highest BCUT2D eigenvalue weighted by Crippen LogP contribution is 2.49. The van der Waals surface area contributed by atoms with Crippen molar-refractivity contribution in [3.63, 3.8) is 0 Å². The fraction of sp³-hybridized carbons (Fsp3) is 0.500. The highest BCUT2D eigenvalue weighted by atomic mass is 79.9. The van der Waals surface area contributed by atoms with Crippen LogP contribution in [0.25, 0.3) is 0 Å². The summed E-state index contributed by atoms with van der Waals surface area (Å²) in [5.74, 6) is 1.51. The lowest BCUT2D eigenvalue weighted by atomic mass is 9.88. The first-order valence-corrected chi connectivity index (χ1v) is 12.4. The van der Waals surface area contributed by atoms with Crippen molar-refractivity contribution >= 4 is 43.9 Å². The molecule has 2 aromatic rings. The van der Waals surface area contributed by atoms with Crippen LogP contribution in [-0.2, 0) is 11.2 Å². The Morgan fingerprint density at radius 3 is 2.70 bits per heavy atom. The highest BCUT2D eigenvalue weighted by Gasteiger charge is 2.43. The SMILES string of the molecule is Cc1ccc(N(C)CCCc2sc(NC(=O)[C@@H]3C[C@@H]4CC[C@@H]3C4)c(C#N)c2Br)cc1. The van der Waals surface area contributed by atoms with E-state index in [0.717, 1.165) is 41.1 Å². The molecule has 0 saturated heterocycles. The first-order chi connectivity index (χ1) is 14.5. The third kappa shape index (κ3) is 4.43. The minimum Gasteiger partial charge on any atom is -0.375 e. The molecule has 2 fully saturated rings. The molecule has 158 valence electrons. The number of rotatable bonds is 7. The van der Waals surface area contributed by atoms with Crippen molar-refractivity contribution in [2.24, 2.45) is 17.8 Å². The van der Waals surface area contributed by atoms with E-state index in [2.05, 4.69) is 70.5 Å². The molecule has 3 atom stereocenters. The van der Waals surface area contributed by atoms with Gasteiger partial charge in [0.05, 0.1) is 4.47 Å². The smallest absolute Gasteiger partial charge is 0.228 e. The Balaban J connectivity index is 1.37. The van der Waals surface area contributed by atoms with Crippen LogP contribution in [0.5, 0.6) is 0 Å². The minimum atomic E-state index is 0.109. The molecule has 2 bridgehead atoms. The van der Waals surface area contributed by atoms with Gasteiger partial charge in [-0.05, 0) is 78.9 Å². The molecule has 2 aliphatic carbocycles. The van der Waals surface area contributed by atoms with Crippen molar-refractivity contribution < 1.29 is 4.79 Å². The molecule has 2 saturated carbocycles. The zero-order valence-electron chi connectivity index (χ0n) is 17.6. The molecule has 1 heterocycles. The number of amides is 1. The number of anilines is 2. The topological polar surface area (TPSA) is 56.1 Å². The van der Waals surface area contributed by atoms with Gasteiger partial charge in [0.2, 0.25) is 5.91 Å². The van der Waals surface area contributed by atoms with Crippen LogP contribution < -0.4 is 10.2 Å². The fourth-order valence-electron chi connectivity index (χ4n) is 4.98. The van der Waals surface area contributed by atoms with E-state index >= 15 is 0 Å². The summed E-state index contributed by atoms with van der Waals surface area (Å²) in [6.07, 6.45) is 6.54. The number of thiophene rings is 1. The van der Waals surface area contributed by atoms with Crippen LogP contribution in [-0.4, -0.2) is 19.5 Å². The second kappa shape index (κ2) is 9.11. The van der Waals surface area contributed by atoms with Gasteiger partial charge in [-0.3, -0.25) is 4.79 Å². The Morgan fingerprint density at radius 1 is 1.30 bits per heavy atom. The Hall–Kier alpha value is -1.84. The van der Waals surface area contributed by atoms with Gasteiger partial charge in [-0.15, -0.1) is 11.3 Å². The highest BCUT2D eigenvalue weighted by molar-refractivity contribution is 9.10. The van der Waals surface area contributed by atoms with E-state index in [4.69, 9.17) is 0 Å². The van der Waals surface area contributed by atoms with Crippen molar-refractivity contribution in [1.29, 1.82) is 5.26 Å². The van der Waals surface area contributed by atoms with Crippen LogP contribution in [0.2, 0.25) is 0 Å². The van der Waals surface area contributed by atoms with E-state index in [0.29, 0.717) is 16.5 Å². The third-order valence-electron chi connectivity index (χ3n) is 6.71. The molecule has 0 radical (unpaired) electrons. The van der Waals surface area contributed by atoms with E-state index in [1.807, 2.05) is 0 Å². The van der Waals surface area contributed by atoms with Gasteiger partial charge in [0, 0.05) is 30.1 Å². The van der Waals surface area contributed by atoms with Crippen molar-refractivity contribution in [3.8, 4) is 6.07 Å². The molecule has 2 aliphatic rings. The number of halogens is 1. The van der Waals surface area contributed by atoms with E-state index in [-0.39, 0.29) is 11.8 Å². The summed E-state index contributed by atoms with van der Waals surface area (Å²) < 4.78 is 0.844. The van der Waals surface area contributed by atoms with Crippen LogP contribution in [0.3, 0.4) is 0 Å². The molecule has 1 amide bonds. The average molecular weight is 486 g/mol. The maximum absolute atomic E-state index is 12.8. The van der Waals surface area contributed by atoms with Gasteiger partial charge in [-0.2, -0.15) is 5.26 Å². The molecule has 4 nitrogen and oxygen atoms in total. The Morgan fingerprint density at radius 2 is 2.07 bits per heavy atom. The zero-order valence-corrected chi connectivity index (χ0v) is 20.0. The molecular formula is C24H28BrN3OS. The Labute approximate surface area is 191 Å². The lowest BCUT2D eigenvalue weighted by Crippen LogP contribution is -2.27. The average Bonchev–Trinajstić information content (AvgIpc) is 3.44. The van der Waals surface area contributed by atoms with Gasteiger partial charge in [0.15, 0.2) is 0 Å². The molecule has 0 spiro atoms. The van der Waals surface area contributed by atoms with Gasteiger partial charge in [0.1, 0.15) is 16.6 Å². The predicted molar refractivity (Wildman–Crippen MR) is 127 cm³/mol. The van der Waals surface area contributed by atoms with E-state index in [1.54, 1.807) is 11.3 Å². The monoisotopic (exact) mass is 485 g/mol. The maximum atomic E-state index is 12.8. The van der Waals surface area contributed by atoms with Crippen LogP contribution >= 0.6 is 27.3 Å². The summed E-state index contributed by atoms with van der Waals surface area (Å²) in [6, 6.07) is 10.8. The normalized spacial score (nSPS) is 22.1. The van der Waals surface area contributed by atoms with E-state index < -0.39 is 0 Å². The van der Waals surface area contributed by atoms with E-state index in [1.165, 1.54) is 30.5 Å². The summed E-state index contributed by atoms with van der Waals surface area (Å²) in [5.41, 5.74) is 3.04. The molecule has 1 aromatic heterocycles. The summed E-state index contributed by atoms with van der Waals surface area (Å²) >= 11 is 5.16. The number of benzene rings is 1. The second-order valence-electron chi connectivity index (χ2n) is 8.79. The van der Waals surface area contributed by atoms with Crippen LogP contribution in [0.4, 0.5) is 10.7 Å². The molecule has 0 unspecified atom stereocenters. The number of aryl methyl sites for hydroxylation is 2. The van der Waals surface area contributed by atoms with Crippen LogP contribution in [0.1, 0.15) is 48.1 Å². The Bertz CT molecular complexity index is 962. The first-order valence-electron chi connectivity index (χ1n) is 10.8. The summed E-state index contributed by atoms with van der Waals surface area (Å²) in [5, 5.41) is 13.5. The lowest BCUT2D eigenvalue weighted by Gasteiger charge is -2.20. The number of nitriles is 1. The standard InChI is InChI=1S/C24H28BrN3OS/c1-15-5-9-18(10-6-15)28(2)11-3-4-21-22(25)20(14-26)24(30-21)27-23(29)19-13-16-7-8-17(19)12-16/h5-6,9-10,16-17,19H,3-4,7-8,11-13H2,1-2H3,(H,27,29)/t16-,17-,19-/m1/s1. The van der Waals surface area contributed by atoms with Crippen molar-refractivity contribution in [3.05, 3.63) is 44.7 Å². The number of fused-ring (bicyclic) bond motifs is 2. The Kier molecular flexibility index (Phi) is 6.50. The van der Waals surface area contributed by atoms with Crippen molar-refractivity contribution in [2.75, 3.05) is 23.8 Å². The zero-order chi connectivity index (χ0) is 21.3. The predicted octanol–water partition coefficient (Wildman–Crippen LogP) is 6.13. The van der Waals surface area contributed by atoms with Crippen molar-refractivity contribution in [2.45, 2.75) is 45.4 Å². The minimum absolute atomic E-state index is 0.109.